The average Bonchev–Trinajstić information content (AvgIpc) is 2.62. The molecular weight excluding hydrogens is 208 g/mol. The molecule has 3 rings (SSSR count). The van der Waals surface area contributed by atoms with Gasteiger partial charge in [0.2, 0.25) is 0 Å². The molecule has 0 N–H and O–H groups in total. The maximum Gasteiger partial charge on any atom is 0.142 e. The van der Waals surface area contributed by atoms with E-state index in [1.54, 1.807) is 6.26 Å². The Morgan fingerprint density at radius 3 is 2.60 bits per heavy atom. The van der Waals surface area contributed by atoms with Gasteiger partial charge in [0.25, 0.3) is 0 Å². The Balaban J connectivity index is 2.65. The fourth-order valence-corrected chi connectivity index (χ4v) is 2.21. The molecule has 1 aromatic heterocycles. The summed E-state index contributed by atoms with van der Waals surface area (Å²) in [5.41, 5.74) is 2.05. The quantitative estimate of drug-likeness (QED) is 0.537. The number of hydrogen-bond donors (Lipinski definition) is 0. The van der Waals surface area contributed by atoms with Gasteiger partial charge in [0.1, 0.15) is 5.58 Å². The summed E-state index contributed by atoms with van der Waals surface area (Å²) in [6.07, 6.45) is 1.77. The van der Waals surface area contributed by atoms with Crippen LogP contribution in [0, 0.1) is 6.92 Å². The van der Waals surface area contributed by atoms with Gasteiger partial charge in [-0.1, -0.05) is 35.9 Å². The highest BCUT2D eigenvalue weighted by atomic mass is 35.5. The van der Waals surface area contributed by atoms with Crippen LogP contribution in [0.2, 0.25) is 5.02 Å². The smallest absolute Gasteiger partial charge is 0.142 e. The van der Waals surface area contributed by atoms with Crippen molar-refractivity contribution in [2.75, 3.05) is 0 Å². The lowest BCUT2D eigenvalue weighted by molar-refractivity contribution is 0.616. The second kappa shape index (κ2) is 3.01. The minimum atomic E-state index is 0.780. The van der Waals surface area contributed by atoms with Crippen LogP contribution in [-0.2, 0) is 0 Å². The molecule has 2 aromatic carbocycles. The van der Waals surface area contributed by atoms with E-state index in [4.69, 9.17) is 16.0 Å². The third-order valence-electron chi connectivity index (χ3n) is 2.72. The first-order valence-corrected chi connectivity index (χ1v) is 5.20. The molecule has 1 nitrogen and oxygen atoms in total. The first-order chi connectivity index (χ1) is 7.27. The molecule has 0 saturated heterocycles. The Morgan fingerprint density at radius 1 is 1.07 bits per heavy atom. The van der Waals surface area contributed by atoms with E-state index >= 15 is 0 Å². The lowest BCUT2D eigenvalue weighted by Gasteiger charge is -2.01. The summed E-state index contributed by atoms with van der Waals surface area (Å²) < 4.78 is 5.56. The first kappa shape index (κ1) is 8.81. The van der Waals surface area contributed by atoms with E-state index in [0.29, 0.717) is 0 Å². The minimum absolute atomic E-state index is 0.780. The van der Waals surface area contributed by atoms with Gasteiger partial charge in [-0.05, 0) is 18.6 Å². The Kier molecular flexibility index (Phi) is 1.77. The van der Waals surface area contributed by atoms with E-state index in [1.165, 1.54) is 0 Å². The summed E-state index contributed by atoms with van der Waals surface area (Å²) in [5.74, 6) is 0. The van der Waals surface area contributed by atoms with Crippen LogP contribution >= 0.6 is 11.6 Å². The van der Waals surface area contributed by atoms with Gasteiger partial charge in [0.05, 0.1) is 6.26 Å². The monoisotopic (exact) mass is 216 g/mol. The zero-order chi connectivity index (χ0) is 10.4. The van der Waals surface area contributed by atoms with Crippen LogP contribution in [0.25, 0.3) is 21.7 Å². The van der Waals surface area contributed by atoms with Crippen LogP contribution in [0.4, 0.5) is 0 Å². The predicted octanol–water partition coefficient (Wildman–Crippen LogP) is 4.55. The van der Waals surface area contributed by atoms with Crippen molar-refractivity contribution in [3.05, 3.63) is 47.2 Å². The van der Waals surface area contributed by atoms with Gasteiger partial charge < -0.3 is 4.42 Å². The Hall–Kier alpha value is -1.47. The molecule has 3 aromatic rings. The summed E-state index contributed by atoms with van der Waals surface area (Å²) in [4.78, 5) is 0. The van der Waals surface area contributed by atoms with E-state index in [9.17, 15) is 0 Å². The van der Waals surface area contributed by atoms with Crippen LogP contribution in [0.3, 0.4) is 0 Å². The van der Waals surface area contributed by atoms with E-state index in [2.05, 4.69) is 0 Å². The van der Waals surface area contributed by atoms with Crippen LogP contribution in [0.15, 0.2) is 41.0 Å². The summed E-state index contributed by atoms with van der Waals surface area (Å²) >= 11 is 6.22. The van der Waals surface area contributed by atoms with Crippen LogP contribution in [0.5, 0.6) is 0 Å². The molecular formula is C13H9ClO. The maximum absolute atomic E-state index is 6.22. The fraction of sp³-hybridized carbons (Fsp3) is 0.0769. The molecule has 0 aliphatic heterocycles. The zero-order valence-corrected chi connectivity index (χ0v) is 9.01. The summed E-state index contributed by atoms with van der Waals surface area (Å²) in [6.45, 7) is 2.02. The van der Waals surface area contributed by atoms with Gasteiger partial charge in [0, 0.05) is 21.2 Å². The molecule has 0 atom stereocenters. The standard InChI is InChI=1S/C13H9ClO/c1-8-7-15-13-10-5-3-2-4-9(10)12(14)6-11(8)13/h2-7H,1H3. The molecule has 0 fully saturated rings. The highest BCUT2D eigenvalue weighted by Gasteiger charge is 2.09. The summed E-state index contributed by atoms with van der Waals surface area (Å²) in [7, 11) is 0. The van der Waals surface area contributed by atoms with Gasteiger partial charge in [0.15, 0.2) is 0 Å². The molecule has 0 unspecified atom stereocenters. The number of benzene rings is 2. The molecule has 0 spiro atoms. The largest absolute Gasteiger partial charge is 0.463 e. The molecule has 74 valence electrons. The van der Waals surface area contributed by atoms with Crippen molar-refractivity contribution in [3.8, 4) is 0 Å². The van der Waals surface area contributed by atoms with Crippen molar-refractivity contribution in [2.45, 2.75) is 6.92 Å². The van der Waals surface area contributed by atoms with Crippen molar-refractivity contribution >= 4 is 33.3 Å². The predicted molar refractivity (Wildman–Crippen MR) is 63.5 cm³/mol. The normalized spacial score (nSPS) is 11.3. The second-order valence-electron chi connectivity index (χ2n) is 3.70. The number of furan rings is 1. The maximum atomic E-state index is 6.22. The number of hydrogen-bond acceptors (Lipinski definition) is 1. The third-order valence-corrected chi connectivity index (χ3v) is 3.04. The third kappa shape index (κ3) is 1.17. The molecule has 15 heavy (non-hydrogen) atoms. The lowest BCUT2D eigenvalue weighted by Crippen LogP contribution is -1.76. The van der Waals surface area contributed by atoms with Gasteiger partial charge in [-0.3, -0.25) is 0 Å². The number of fused-ring (bicyclic) bond motifs is 3. The van der Waals surface area contributed by atoms with Crippen LogP contribution in [0.1, 0.15) is 5.56 Å². The van der Waals surface area contributed by atoms with Gasteiger partial charge in [-0.25, -0.2) is 0 Å². The minimum Gasteiger partial charge on any atom is -0.463 e. The van der Waals surface area contributed by atoms with Crippen molar-refractivity contribution in [2.24, 2.45) is 0 Å². The lowest BCUT2D eigenvalue weighted by atomic mass is 10.1. The molecule has 1 heterocycles. The topological polar surface area (TPSA) is 13.1 Å². The number of aryl methyl sites for hydroxylation is 1. The van der Waals surface area contributed by atoms with Crippen LogP contribution in [-0.4, -0.2) is 0 Å². The Bertz CT molecular complexity index is 652. The van der Waals surface area contributed by atoms with Gasteiger partial charge in [-0.15, -0.1) is 0 Å². The molecule has 0 aliphatic rings. The molecule has 0 aliphatic carbocycles. The number of halogens is 1. The highest BCUT2D eigenvalue weighted by Crippen LogP contribution is 2.33. The Labute approximate surface area is 92.3 Å². The highest BCUT2D eigenvalue weighted by molar-refractivity contribution is 6.37. The fourth-order valence-electron chi connectivity index (χ4n) is 1.94. The van der Waals surface area contributed by atoms with E-state index in [1.807, 2.05) is 37.3 Å². The van der Waals surface area contributed by atoms with E-state index in [-0.39, 0.29) is 0 Å². The Morgan fingerprint density at radius 2 is 1.80 bits per heavy atom. The van der Waals surface area contributed by atoms with Crippen LogP contribution < -0.4 is 0 Å². The van der Waals surface area contributed by atoms with E-state index < -0.39 is 0 Å². The molecule has 0 radical (unpaired) electrons. The van der Waals surface area contributed by atoms with Gasteiger partial charge >= 0.3 is 0 Å². The van der Waals surface area contributed by atoms with Gasteiger partial charge in [-0.2, -0.15) is 0 Å². The first-order valence-electron chi connectivity index (χ1n) is 4.82. The van der Waals surface area contributed by atoms with Crippen molar-refractivity contribution < 1.29 is 4.42 Å². The molecule has 2 heteroatoms. The zero-order valence-electron chi connectivity index (χ0n) is 8.25. The second-order valence-corrected chi connectivity index (χ2v) is 4.11. The SMILES string of the molecule is Cc1coc2c1cc(Cl)c1ccccc12. The molecule has 0 saturated carbocycles. The van der Waals surface area contributed by atoms with E-state index in [0.717, 1.165) is 32.3 Å². The number of rotatable bonds is 0. The average molecular weight is 217 g/mol. The summed E-state index contributed by atoms with van der Waals surface area (Å²) in [6, 6.07) is 9.99. The molecule has 0 amide bonds. The summed E-state index contributed by atoms with van der Waals surface area (Å²) in [5, 5.41) is 4.00. The van der Waals surface area contributed by atoms with Crippen molar-refractivity contribution in [3.63, 3.8) is 0 Å². The molecule has 0 bridgehead atoms. The van der Waals surface area contributed by atoms with Crippen molar-refractivity contribution in [1.29, 1.82) is 0 Å². The van der Waals surface area contributed by atoms with Crippen molar-refractivity contribution in [1.82, 2.24) is 0 Å².